The number of ether oxygens (including phenoxy) is 1. The summed E-state index contributed by atoms with van der Waals surface area (Å²) >= 11 is 11.5. The van der Waals surface area contributed by atoms with Crippen molar-refractivity contribution < 1.29 is 9.94 Å². The fourth-order valence-electron chi connectivity index (χ4n) is 0.803. The number of oxime groups is 1. The predicted octanol–water partition coefficient (Wildman–Crippen LogP) is 3.22. The van der Waals surface area contributed by atoms with Crippen molar-refractivity contribution in [2.45, 2.75) is 6.92 Å². The maximum Gasteiger partial charge on any atom is 0.138 e. The van der Waals surface area contributed by atoms with Gasteiger partial charge in [-0.2, -0.15) is 0 Å². The van der Waals surface area contributed by atoms with E-state index < -0.39 is 0 Å². The average Bonchev–Trinajstić information content (AvgIpc) is 2.16. The number of nitrogens with zero attached hydrogens (tertiary/aromatic N) is 1. The van der Waals surface area contributed by atoms with Crippen LogP contribution in [0.3, 0.4) is 0 Å². The summed E-state index contributed by atoms with van der Waals surface area (Å²) in [5.41, 5.74) is 0.469. The molecule has 0 amide bonds. The Labute approximate surface area is 91.9 Å². The number of rotatable bonds is 3. The van der Waals surface area contributed by atoms with Crippen LogP contribution in [-0.2, 0) is 0 Å². The normalized spacial score (nSPS) is 11.5. The molecule has 3 nitrogen and oxygen atoms in total. The molecule has 0 aromatic heterocycles. The van der Waals surface area contributed by atoms with Gasteiger partial charge in [-0.1, -0.05) is 28.4 Å². The van der Waals surface area contributed by atoms with Crippen LogP contribution in [0.15, 0.2) is 23.4 Å². The van der Waals surface area contributed by atoms with Gasteiger partial charge in [-0.25, -0.2) is 0 Å². The SMILES string of the molecule is CC(COc1ccc(Cl)cc1Cl)=NO. The van der Waals surface area contributed by atoms with E-state index in [2.05, 4.69) is 5.16 Å². The van der Waals surface area contributed by atoms with Crippen LogP contribution >= 0.6 is 23.2 Å². The number of hydrogen-bond donors (Lipinski definition) is 1. The minimum atomic E-state index is 0.192. The summed E-state index contributed by atoms with van der Waals surface area (Å²) in [6.45, 7) is 1.83. The molecule has 0 bridgehead atoms. The van der Waals surface area contributed by atoms with Gasteiger partial charge in [-0.15, -0.1) is 0 Å². The molecule has 1 aromatic carbocycles. The van der Waals surface area contributed by atoms with Crippen LogP contribution in [0.5, 0.6) is 5.75 Å². The molecule has 0 heterocycles. The summed E-state index contributed by atoms with van der Waals surface area (Å²) in [7, 11) is 0. The molecule has 0 fully saturated rings. The van der Waals surface area contributed by atoms with Gasteiger partial charge >= 0.3 is 0 Å². The first-order chi connectivity index (χ1) is 6.63. The zero-order valence-corrected chi connectivity index (χ0v) is 9.01. The van der Waals surface area contributed by atoms with Gasteiger partial charge in [-0.05, 0) is 25.1 Å². The van der Waals surface area contributed by atoms with Gasteiger partial charge in [0, 0.05) is 5.02 Å². The topological polar surface area (TPSA) is 41.8 Å². The highest BCUT2D eigenvalue weighted by molar-refractivity contribution is 6.35. The van der Waals surface area contributed by atoms with Crippen LogP contribution in [0.2, 0.25) is 10.0 Å². The van der Waals surface area contributed by atoms with Gasteiger partial charge in [0.1, 0.15) is 12.4 Å². The summed E-state index contributed by atoms with van der Waals surface area (Å²) < 4.78 is 5.26. The number of halogens is 2. The third-order valence-corrected chi connectivity index (χ3v) is 2.03. The molecule has 1 N–H and O–H groups in total. The quantitative estimate of drug-likeness (QED) is 0.495. The molecule has 14 heavy (non-hydrogen) atoms. The predicted molar refractivity (Wildman–Crippen MR) is 56.9 cm³/mol. The first-order valence-corrected chi connectivity index (χ1v) is 4.64. The fraction of sp³-hybridized carbons (Fsp3) is 0.222. The zero-order chi connectivity index (χ0) is 10.6. The van der Waals surface area contributed by atoms with Crippen LogP contribution in [-0.4, -0.2) is 17.5 Å². The van der Waals surface area contributed by atoms with Gasteiger partial charge in [0.05, 0.1) is 10.7 Å². The molecule has 1 aromatic rings. The average molecular weight is 234 g/mol. The number of hydrogen-bond acceptors (Lipinski definition) is 3. The molecule has 0 spiro atoms. The van der Waals surface area contributed by atoms with Crippen LogP contribution in [0, 0.1) is 0 Å². The van der Waals surface area contributed by atoms with E-state index in [1.165, 1.54) is 0 Å². The molecule has 0 saturated heterocycles. The van der Waals surface area contributed by atoms with E-state index >= 15 is 0 Å². The Morgan fingerprint density at radius 1 is 1.50 bits per heavy atom. The van der Waals surface area contributed by atoms with E-state index in [1.807, 2.05) is 0 Å². The lowest BCUT2D eigenvalue weighted by molar-refractivity contribution is 0.307. The molecule has 0 aliphatic rings. The molecule has 76 valence electrons. The van der Waals surface area contributed by atoms with Crippen molar-refractivity contribution in [3.63, 3.8) is 0 Å². The van der Waals surface area contributed by atoms with Crippen molar-refractivity contribution in [1.29, 1.82) is 0 Å². The van der Waals surface area contributed by atoms with E-state index in [4.69, 9.17) is 33.1 Å². The monoisotopic (exact) mass is 233 g/mol. The summed E-state index contributed by atoms with van der Waals surface area (Å²) in [6, 6.07) is 4.92. The van der Waals surface area contributed by atoms with Gasteiger partial charge in [0.15, 0.2) is 0 Å². The second-order valence-electron chi connectivity index (χ2n) is 2.70. The summed E-state index contributed by atoms with van der Waals surface area (Å²) in [5, 5.41) is 12.3. The highest BCUT2D eigenvalue weighted by Crippen LogP contribution is 2.27. The minimum absolute atomic E-state index is 0.192. The van der Waals surface area contributed by atoms with Crippen LogP contribution in [0.4, 0.5) is 0 Å². The minimum Gasteiger partial charge on any atom is -0.486 e. The van der Waals surface area contributed by atoms with Gasteiger partial charge in [0.25, 0.3) is 0 Å². The lowest BCUT2D eigenvalue weighted by Crippen LogP contribution is -2.07. The van der Waals surface area contributed by atoms with Crippen LogP contribution in [0.1, 0.15) is 6.92 Å². The van der Waals surface area contributed by atoms with E-state index in [-0.39, 0.29) is 6.61 Å². The molecule has 1 rings (SSSR count). The molecule has 0 aliphatic heterocycles. The van der Waals surface area contributed by atoms with Crippen molar-refractivity contribution in [1.82, 2.24) is 0 Å². The molecule has 0 saturated carbocycles. The Morgan fingerprint density at radius 3 is 2.79 bits per heavy atom. The third kappa shape index (κ3) is 3.09. The van der Waals surface area contributed by atoms with E-state index in [0.717, 1.165) is 0 Å². The van der Waals surface area contributed by atoms with Crippen molar-refractivity contribution >= 4 is 28.9 Å². The summed E-state index contributed by atoms with van der Waals surface area (Å²) in [5.74, 6) is 0.513. The summed E-state index contributed by atoms with van der Waals surface area (Å²) in [6.07, 6.45) is 0. The standard InChI is InChI=1S/C9H9Cl2NO2/c1-6(12-13)5-14-9-3-2-7(10)4-8(9)11/h2-4,13H,5H2,1H3. The molecular formula is C9H9Cl2NO2. The van der Waals surface area contributed by atoms with E-state index in [9.17, 15) is 0 Å². The Kier molecular flexibility index (Phi) is 4.04. The lowest BCUT2D eigenvalue weighted by atomic mass is 10.3. The zero-order valence-electron chi connectivity index (χ0n) is 7.50. The third-order valence-electron chi connectivity index (χ3n) is 1.50. The second-order valence-corrected chi connectivity index (χ2v) is 3.54. The second kappa shape index (κ2) is 5.08. The Bertz CT molecular complexity index is 353. The van der Waals surface area contributed by atoms with Crippen molar-refractivity contribution in [3.8, 4) is 5.75 Å². The Balaban J connectivity index is 2.68. The highest BCUT2D eigenvalue weighted by Gasteiger charge is 2.02. The maximum absolute atomic E-state index is 8.38. The Morgan fingerprint density at radius 2 is 2.21 bits per heavy atom. The summed E-state index contributed by atoms with van der Waals surface area (Å²) in [4.78, 5) is 0. The number of benzene rings is 1. The molecule has 5 heteroatoms. The first kappa shape index (κ1) is 11.1. The molecule has 0 radical (unpaired) electrons. The largest absolute Gasteiger partial charge is 0.486 e. The van der Waals surface area contributed by atoms with Crippen molar-refractivity contribution in [2.24, 2.45) is 5.16 Å². The lowest BCUT2D eigenvalue weighted by Gasteiger charge is -2.06. The van der Waals surface area contributed by atoms with E-state index in [1.54, 1.807) is 25.1 Å². The van der Waals surface area contributed by atoms with Crippen molar-refractivity contribution in [3.05, 3.63) is 28.2 Å². The smallest absolute Gasteiger partial charge is 0.138 e. The first-order valence-electron chi connectivity index (χ1n) is 3.89. The fourth-order valence-corrected chi connectivity index (χ4v) is 1.27. The van der Waals surface area contributed by atoms with Crippen LogP contribution in [0.25, 0.3) is 0 Å². The molecule has 0 unspecified atom stereocenters. The maximum atomic E-state index is 8.38. The van der Waals surface area contributed by atoms with Crippen molar-refractivity contribution in [2.75, 3.05) is 6.61 Å². The van der Waals surface area contributed by atoms with E-state index in [0.29, 0.717) is 21.5 Å². The highest BCUT2D eigenvalue weighted by atomic mass is 35.5. The van der Waals surface area contributed by atoms with Gasteiger partial charge < -0.3 is 9.94 Å². The van der Waals surface area contributed by atoms with Gasteiger partial charge in [-0.3, -0.25) is 0 Å². The molecule has 0 atom stereocenters. The molecule has 0 aliphatic carbocycles. The molecular weight excluding hydrogens is 225 g/mol. The van der Waals surface area contributed by atoms with Gasteiger partial charge in [0.2, 0.25) is 0 Å². The van der Waals surface area contributed by atoms with Crippen LogP contribution < -0.4 is 4.74 Å². The Hall–Kier alpha value is -0.930.